The lowest BCUT2D eigenvalue weighted by Crippen LogP contribution is -2.43. The summed E-state index contributed by atoms with van der Waals surface area (Å²) in [5.74, 6) is 0.967. The number of ether oxygens (including phenoxy) is 1. The summed E-state index contributed by atoms with van der Waals surface area (Å²) in [5.41, 5.74) is 2.48. The van der Waals surface area contributed by atoms with Gasteiger partial charge in [-0.25, -0.2) is 9.78 Å². The highest BCUT2D eigenvalue weighted by Crippen LogP contribution is 2.39. The summed E-state index contributed by atoms with van der Waals surface area (Å²) in [6, 6.07) is 15.5. The van der Waals surface area contributed by atoms with Gasteiger partial charge in [-0.05, 0) is 48.2 Å². The molecule has 2 saturated heterocycles. The molecule has 0 spiro atoms. The Morgan fingerprint density at radius 2 is 1.90 bits per heavy atom. The van der Waals surface area contributed by atoms with Gasteiger partial charge in [0.05, 0.1) is 25.5 Å². The lowest BCUT2D eigenvalue weighted by atomic mass is 10.1. The maximum Gasteiger partial charge on any atom is 0.315 e. The molecule has 0 radical (unpaired) electrons. The van der Waals surface area contributed by atoms with E-state index in [4.69, 9.17) is 14.7 Å². The van der Waals surface area contributed by atoms with Crippen LogP contribution in [0.2, 0.25) is 0 Å². The molecular formula is C33H40N12O6. The first kappa shape index (κ1) is 34.0. The van der Waals surface area contributed by atoms with Crippen molar-refractivity contribution in [2.75, 3.05) is 29.9 Å². The van der Waals surface area contributed by atoms with Crippen LogP contribution >= 0.6 is 0 Å². The number of aromatic hydroxyl groups is 1. The number of rotatable bonds is 12. The van der Waals surface area contributed by atoms with Crippen LogP contribution in [0.1, 0.15) is 42.6 Å². The van der Waals surface area contributed by atoms with Crippen molar-refractivity contribution in [2.45, 2.75) is 69.5 Å². The fourth-order valence-electron chi connectivity index (χ4n) is 6.34. The van der Waals surface area contributed by atoms with Crippen LogP contribution in [0, 0.1) is 0 Å². The Morgan fingerprint density at radius 1 is 1.08 bits per heavy atom. The molecule has 7 N–H and O–H groups in total. The number of hydrogen-bond donors (Lipinski definition) is 7. The van der Waals surface area contributed by atoms with Gasteiger partial charge in [-0.15, -0.1) is 10.2 Å². The topological polar surface area (TPSA) is 234 Å². The molecule has 0 saturated carbocycles. The van der Waals surface area contributed by atoms with Crippen LogP contribution in [0.15, 0.2) is 60.9 Å². The van der Waals surface area contributed by atoms with E-state index in [-0.39, 0.29) is 36.8 Å². The van der Waals surface area contributed by atoms with Gasteiger partial charge in [0.1, 0.15) is 18.0 Å². The van der Waals surface area contributed by atoms with Gasteiger partial charge < -0.3 is 46.0 Å². The normalized spacial score (nSPS) is 22.4. The van der Waals surface area contributed by atoms with Crippen LogP contribution in [0.4, 0.5) is 16.6 Å². The van der Waals surface area contributed by atoms with E-state index >= 15 is 0 Å². The maximum absolute atomic E-state index is 12.7. The number of aliphatic hydroxyl groups is 3. The van der Waals surface area contributed by atoms with Crippen molar-refractivity contribution in [2.24, 2.45) is 0 Å². The molecule has 3 aromatic heterocycles. The third-order valence-corrected chi connectivity index (χ3v) is 8.98. The molecular weight excluding hydrogens is 660 g/mol. The molecule has 7 rings (SSSR count). The summed E-state index contributed by atoms with van der Waals surface area (Å²) < 4.78 is 7.67. The van der Waals surface area contributed by atoms with E-state index in [0.29, 0.717) is 55.4 Å². The van der Waals surface area contributed by atoms with Gasteiger partial charge in [0.15, 0.2) is 29.3 Å². The molecule has 0 aliphatic carbocycles. The van der Waals surface area contributed by atoms with E-state index in [2.05, 4.69) is 36.3 Å². The van der Waals surface area contributed by atoms with Crippen LogP contribution in [-0.2, 0) is 24.2 Å². The number of hydrogen-bond acceptors (Lipinski definition) is 14. The Morgan fingerprint density at radius 3 is 2.67 bits per heavy atom. The predicted molar refractivity (Wildman–Crippen MR) is 182 cm³/mol. The second-order valence-corrected chi connectivity index (χ2v) is 12.6. The van der Waals surface area contributed by atoms with Gasteiger partial charge in [0.25, 0.3) is 0 Å². The van der Waals surface area contributed by atoms with Gasteiger partial charge in [0, 0.05) is 25.7 Å². The Kier molecular flexibility index (Phi) is 9.89. The predicted octanol–water partition coefficient (Wildman–Crippen LogP) is 0.624. The number of aliphatic hydroxyl groups excluding tert-OH is 3. The van der Waals surface area contributed by atoms with Crippen LogP contribution < -0.4 is 20.9 Å². The van der Waals surface area contributed by atoms with E-state index in [9.17, 15) is 25.2 Å². The minimum Gasteiger partial charge on any atom is -0.508 e. The molecule has 2 aliphatic heterocycles. The Balaban J connectivity index is 1.14. The Bertz CT molecular complexity index is 1960. The lowest BCUT2D eigenvalue weighted by molar-refractivity contribution is -0.0384. The van der Waals surface area contributed by atoms with E-state index < -0.39 is 30.6 Å². The Labute approximate surface area is 292 Å². The highest BCUT2D eigenvalue weighted by molar-refractivity contribution is 5.84. The second kappa shape index (κ2) is 14.8. The summed E-state index contributed by atoms with van der Waals surface area (Å²) in [5, 5.41) is 63.6. The smallest absolute Gasteiger partial charge is 0.315 e. The van der Waals surface area contributed by atoms with Crippen molar-refractivity contribution in [3.05, 3.63) is 77.9 Å². The minimum atomic E-state index is -1.38. The molecule has 2 aromatic carbocycles. The van der Waals surface area contributed by atoms with Crippen molar-refractivity contribution in [3.63, 3.8) is 0 Å². The van der Waals surface area contributed by atoms with Crippen LogP contribution in [0.5, 0.6) is 5.75 Å². The average Bonchev–Trinajstić information content (AvgIpc) is 3.95. The zero-order chi connectivity index (χ0) is 35.5. The number of aromatic nitrogens is 8. The van der Waals surface area contributed by atoms with Crippen LogP contribution in [0.25, 0.3) is 11.2 Å². The zero-order valence-electron chi connectivity index (χ0n) is 27.8. The van der Waals surface area contributed by atoms with E-state index in [1.165, 1.54) is 15.7 Å². The molecule has 18 heteroatoms. The molecule has 51 heavy (non-hydrogen) atoms. The van der Waals surface area contributed by atoms with Crippen LogP contribution in [0.3, 0.4) is 0 Å². The first-order valence-corrected chi connectivity index (χ1v) is 16.8. The van der Waals surface area contributed by atoms with E-state index in [1.807, 2.05) is 48.2 Å². The van der Waals surface area contributed by atoms with Crippen molar-refractivity contribution in [1.29, 1.82) is 0 Å². The van der Waals surface area contributed by atoms with Crippen molar-refractivity contribution >= 4 is 29.0 Å². The SMILES string of the molecule is CCn1nnc([C@H]2O[C@@H](n3cnc4c(N[C@H](CO)Cc5ccccc5)nc(N5CC[C@@H](NC(=O)NCc6cccc(O)c6)C5)nc43)[C@H](O)[C@@H]2O)n1. The number of anilines is 2. The summed E-state index contributed by atoms with van der Waals surface area (Å²) in [6.07, 6.45) is -2.27. The molecule has 2 aliphatic rings. The fourth-order valence-corrected chi connectivity index (χ4v) is 6.34. The lowest BCUT2D eigenvalue weighted by Gasteiger charge is -2.22. The quantitative estimate of drug-likeness (QED) is 0.0946. The number of aryl methyl sites for hydroxylation is 1. The maximum atomic E-state index is 12.7. The van der Waals surface area contributed by atoms with Gasteiger partial charge in [-0.2, -0.15) is 14.8 Å². The first-order valence-electron chi connectivity index (χ1n) is 16.8. The molecule has 2 fully saturated rings. The summed E-state index contributed by atoms with van der Waals surface area (Å²) in [6.45, 7) is 3.33. The molecule has 5 aromatic rings. The fraction of sp³-hybridized carbons (Fsp3) is 0.424. The highest BCUT2D eigenvalue weighted by Gasteiger charge is 2.47. The van der Waals surface area contributed by atoms with Crippen LogP contribution in [-0.4, -0.2) is 110 Å². The number of nitrogens with zero attached hydrogens (tertiary/aromatic N) is 9. The Hall–Kier alpha value is -5.43. The van der Waals surface area contributed by atoms with Crippen molar-refractivity contribution in [1.82, 2.24) is 50.4 Å². The number of phenols is 1. The van der Waals surface area contributed by atoms with Crippen molar-refractivity contribution in [3.8, 4) is 5.75 Å². The van der Waals surface area contributed by atoms with Gasteiger partial charge in [-0.3, -0.25) is 4.57 Å². The number of imidazole rings is 1. The van der Waals surface area contributed by atoms with E-state index in [1.54, 1.807) is 18.2 Å². The second-order valence-electron chi connectivity index (χ2n) is 12.6. The number of amides is 2. The number of nitrogens with one attached hydrogen (secondary N) is 3. The number of benzene rings is 2. The number of phenolic OH excluding ortho intramolecular Hbond substituents is 1. The van der Waals surface area contributed by atoms with Gasteiger partial charge in [-0.1, -0.05) is 42.5 Å². The molecule has 0 bridgehead atoms. The first-order chi connectivity index (χ1) is 24.8. The largest absolute Gasteiger partial charge is 0.508 e. The van der Waals surface area contributed by atoms with E-state index in [0.717, 1.165) is 11.1 Å². The molecule has 2 amide bonds. The zero-order valence-corrected chi connectivity index (χ0v) is 27.8. The third kappa shape index (κ3) is 7.39. The number of carbonyl (C=O) groups excluding carboxylic acids is 1. The van der Waals surface area contributed by atoms with Gasteiger partial charge >= 0.3 is 6.03 Å². The average molecular weight is 701 g/mol. The third-order valence-electron chi connectivity index (χ3n) is 8.98. The summed E-state index contributed by atoms with van der Waals surface area (Å²) >= 11 is 0. The number of fused-ring (bicyclic) bond motifs is 1. The number of urea groups is 1. The summed E-state index contributed by atoms with van der Waals surface area (Å²) in [7, 11) is 0. The number of carbonyl (C=O) groups is 1. The van der Waals surface area contributed by atoms with Crippen molar-refractivity contribution < 1.29 is 30.0 Å². The summed E-state index contributed by atoms with van der Waals surface area (Å²) in [4.78, 5) is 30.3. The number of tetrazole rings is 1. The molecule has 6 atom stereocenters. The molecule has 5 heterocycles. The van der Waals surface area contributed by atoms with Gasteiger partial charge in [0.2, 0.25) is 11.8 Å². The highest BCUT2D eigenvalue weighted by atomic mass is 16.6. The molecule has 0 unspecified atom stereocenters. The molecule has 18 nitrogen and oxygen atoms in total. The molecule has 268 valence electrons. The standard InChI is InChI=1S/C33H40N12O6/c1-2-45-41-29(40-42-45)27-25(48)26(49)31(51-27)44-18-35-24-28(36-22(17-46)13-19-7-4-3-5-8-19)38-32(39-30(24)44)43-12-11-21(16-43)37-33(50)34-15-20-9-6-10-23(47)14-20/h3-10,14,18,21-22,25-27,31,46-49H,2,11-13,15-17H2,1H3,(H2,34,37,50)(H,36,38,39)/t21-,22+,25+,26-,27+,31-/m1/s1. The minimum absolute atomic E-state index is 0.127. The monoisotopic (exact) mass is 700 g/mol.